The zero-order valence-electron chi connectivity index (χ0n) is 15.2. The Balaban J connectivity index is 1.88. The topological polar surface area (TPSA) is 75.7 Å². The van der Waals surface area contributed by atoms with Crippen LogP contribution in [0.15, 0.2) is 36.4 Å². The van der Waals surface area contributed by atoms with Gasteiger partial charge in [-0.3, -0.25) is 9.10 Å². The highest BCUT2D eigenvalue weighted by molar-refractivity contribution is 7.92. The second-order valence-electron chi connectivity index (χ2n) is 6.55. The maximum atomic E-state index is 13.0. The van der Waals surface area contributed by atoms with E-state index in [-0.39, 0.29) is 18.0 Å². The molecule has 0 saturated heterocycles. The maximum absolute atomic E-state index is 13.0. The van der Waals surface area contributed by atoms with E-state index in [1.165, 1.54) is 12.1 Å². The molecule has 0 radical (unpaired) electrons. The average molecular weight is 449 g/mol. The van der Waals surface area contributed by atoms with Gasteiger partial charge >= 0.3 is 6.18 Å². The van der Waals surface area contributed by atoms with Gasteiger partial charge in [0.1, 0.15) is 5.75 Å². The van der Waals surface area contributed by atoms with Gasteiger partial charge in [0.05, 0.1) is 29.1 Å². The average Bonchev–Trinajstić information content (AvgIpc) is 2.60. The number of ether oxygens (including phenoxy) is 1. The minimum Gasteiger partial charge on any atom is -0.476 e. The van der Waals surface area contributed by atoms with Crippen molar-refractivity contribution in [2.24, 2.45) is 0 Å². The number of rotatable bonds is 3. The Bertz CT molecular complexity index is 1070. The number of hydrogen-bond acceptors (Lipinski definition) is 4. The molecule has 0 aromatic heterocycles. The Kier molecular flexibility index (Phi) is 5.44. The Hall–Kier alpha value is -2.46. The highest BCUT2D eigenvalue weighted by atomic mass is 35.5. The van der Waals surface area contributed by atoms with Crippen LogP contribution in [0.4, 0.5) is 24.5 Å². The fraction of sp³-hybridized carbons (Fsp3) is 0.278. The van der Waals surface area contributed by atoms with Crippen molar-refractivity contribution in [1.29, 1.82) is 0 Å². The molecular formula is C18H16ClF3N2O4S. The summed E-state index contributed by atoms with van der Waals surface area (Å²) in [6.45, 7) is 1.46. The van der Waals surface area contributed by atoms with Crippen LogP contribution in [0, 0.1) is 6.92 Å². The predicted octanol–water partition coefficient (Wildman–Crippen LogP) is 3.83. The van der Waals surface area contributed by atoms with Gasteiger partial charge in [0.25, 0.3) is 5.91 Å². The molecule has 0 bridgehead atoms. The second kappa shape index (κ2) is 7.42. The van der Waals surface area contributed by atoms with Crippen LogP contribution in [0.25, 0.3) is 0 Å². The van der Waals surface area contributed by atoms with Crippen molar-refractivity contribution >= 4 is 38.9 Å². The molecule has 1 heterocycles. The highest BCUT2D eigenvalue weighted by Crippen LogP contribution is 2.37. The van der Waals surface area contributed by atoms with E-state index in [4.69, 9.17) is 16.3 Å². The van der Waals surface area contributed by atoms with Gasteiger partial charge in [-0.1, -0.05) is 17.7 Å². The molecule has 0 unspecified atom stereocenters. The highest BCUT2D eigenvalue weighted by Gasteiger charge is 2.36. The van der Waals surface area contributed by atoms with Crippen molar-refractivity contribution in [1.82, 2.24) is 0 Å². The summed E-state index contributed by atoms with van der Waals surface area (Å²) in [5.41, 5.74) is -0.150. The summed E-state index contributed by atoms with van der Waals surface area (Å²) >= 11 is 5.57. The van der Waals surface area contributed by atoms with E-state index in [9.17, 15) is 26.4 Å². The van der Waals surface area contributed by atoms with E-state index >= 15 is 0 Å². The van der Waals surface area contributed by atoms with Gasteiger partial charge < -0.3 is 10.1 Å². The number of fused-ring (bicyclic) bond motifs is 1. The van der Waals surface area contributed by atoms with Gasteiger partial charge in [-0.15, -0.1) is 0 Å². The molecule has 1 amide bonds. The molecule has 0 aliphatic carbocycles. The molecule has 3 rings (SSSR count). The molecule has 29 heavy (non-hydrogen) atoms. The molecule has 6 nitrogen and oxygen atoms in total. The van der Waals surface area contributed by atoms with E-state index in [2.05, 4.69) is 5.32 Å². The number of amides is 1. The van der Waals surface area contributed by atoms with Crippen LogP contribution in [0.3, 0.4) is 0 Å². The largest absolute Gasteiger partial charge is 0.476 e. The second-order valence-corrected chi connectivity index (χ2v) is 8.87. The first-order valence-electron chi connectivity index (χ1n) is 8.29. The van der Waals surface area contributed by atoms with Crippen molar-refractivity contribution in [3.05, 3.63) is 52.5 Å². The van der Waals surface area contributed by atoms with Gasteiger partial charge in [-0.05, 0) is 42.8 Å². The number of benzene rings is 2. The molecule has 1 aliphatic rings. The van der Waals surface area contributed by atoms with Crippen molar-refractivity contribution in [2.75, 3.05) is 22.4 Å². The first kappa shape index (κ1) is 21.3. The number of nitrogens with one attached hydrogen (secondary N) is 1. The number of hydrogen-bond donors (Lipinski definition) is 1. The summed E-state index contributed by atoms with van der Waals surface area (Å²) < 4.78 is 70.0. The molecule has 1 N–H and O–H groups in total. The third-order valence-corrected chi connectivity index (χ3v) is 5.69. The number of carbonyl (C=O) groups excluding carboxylic acids is 1. The Morgan fingerprint density at radius 3 is 2.55 bits per heavy atom. The van der Waals surface area contributed by atoms with Crippen molar-refractivity contribution < 1.29 is 31.1 Å². The molecular weight excluding hydrogens is 433 g/mol. The molecule has 2 aromatic rings. The molecule has 0 saturated carbocycles. The Labute approximate surface area is 170 Å². The molecule has 1 atom stereocenters. The van der Waals surface area contributed by atoms with E-state index in [1.807, 2.05) is 0 Å². The first-order valence-corrected chi connectivity index (χ1v) is 10.5. The summed E-state index contributed by atoms with van der Waals surface area (Å²) in [5, 5.41) is 1.82. The summed E-state index contributed by atoms with van der Waals surface area (Å²) in [6, 6.07) is 7.77. The SMILES string of the molecule is Cc1ccc2c(c1)N(S(C)(=O)=O)C[C@H](C(=O)Nc1ccc(Cl)c(C(F)(F)F)c1)O2. The molecule has 1 aliphatic heterocycles. The lowest BCUT2D eigenvalue weighted by atomic mass is 10.1. The number of alkyl halides is 3. The smallest absolute Gasteiger partial charge is 0.417 e. The summed E-state index contributed by atoms with van der Waals surface area (Å²) in [5.74, 6) is -0.611. The third kappa shape index (κ3) is 4.59. The van der Waals surface area contributed by atoms with Crippen molar-refractivity contribution in [2.45, 2.75) is 19.2 Å². The van der Waals surface area contributed by atoms with Gasteiger partial charge in [-0.2, -0.15) is 13.2 Å². The molecule has 11 heteroatoms. The monoisotopic (exact) mass is 448 g/mol. The summed E-state index contributed by atoms with van der Waals surface area (Å²) in [6.07, 6.45) is -4.96. The Morgan fingerprint density at radius 1 is 1.24 bits per heavy atom. The van der Waals surface area contributed by atoms with Crippen LogP contribution in [0.2, 0.25) is 5.02 Å². The van der Waals surface area contributed by atoms with Crippen molar-refractivity contribution in [3.8, 4) is 5.75 Å². The van der Waals surface area contributed by atoms with E-state index in [0.717, 1.165) is 22.2 Å². The lowest BCUT2D eigenvalue weighted by molar-refractivity contribution is -0.137. The number of aryl methyl sites for hydroxylation is 1. The normalized spacial score (nSPS) is 16.8. The van der Waals surface area contributed by atoms with Gasteiger partial charge in [-0.25, -0.2) is 8.42 Å². The van der Waals surface area contributed by atoms with Crippen LogP contribution in [-0.4, -0.2) is 33.2 Å². The zero-order valence-corrected chi connectivity index (χ0v) is 16.8. The maximum Gasteiger partial charge on any atom is 0.417 e. The third-order valence-electron chi connectivity index (χ3n) is 4.22. The van der Waals surface area contributed by atoms with Crippen molar-refractivity contribution in [3.63, 3.8) is 0 Å². The minimum atomic E-state index is -4.69. The molecule has 156 valence electrons. The first-order chi connectivity index (χ1) is 13.4. The van der Waals surface area contributed by atoms with Crippen LogP contribution >= 0.6 is 11.6 Å². The predicted molar refractivity (Wildman–Crippen MR) is 103 cm³/mol. The lowest BCUT2D eigenvalue weighted by Crippen LogP contribution is -2.48. The van der Waals surface area contributed by atoms with Crippen LogP contribution < -0.4 is 14.4 Å². The molecule has 0 fully saturated rings. The van der Waals surface area contributed by atoms with E-state index in [0.29, 0.717) is 11.8 Å². The van der Waals surface area contributed by atoms with Gasteiger partial charge in [0, 0.05) is 5.69 Å². The Morgan fingerprint density at radius 2 is 1.93 bits per heavy atom. The number of anilines is 2. The number of carbonyl (C=O) groups is 1. The summed E-state index contributed by atoms with van der Waals surface area (Å²) in [7, 11) is -3.72. The standard InChI is InChI=1S/C18H16ClF3N2O4S/c1-10-3-6-15-14(7-10)24(29(2,26)27)9-16(28-15)17(25)23-11-4-5-13(19)12(8-11)18(20,21)22/h3-8,16H,9H2,1-2H3,(H,23,25)/t16-/m1/s1. The molecule has 0 spiro atoms. The number of nitrogens with zero attached hydrogens (tertiary/aromatic N) is 1. The quantitative estimate of drug-likeness (QED) is 0.774. The number of halogens is 4. The van der Waals surface area contributed by atoms with Crippen LogP contribution in [0.1, 0.15) is 11.1 Å². The fourth-order valence-corrected chi connectivity index (χ4v) is 3.99. The minimum absolute atomic E-state index is 0.143. The van der Waals surface area contributed by atoms with E-state index < -0.39 is 38.8 Å². The van der Waals surface area contributed by atoms with E-state index in [1.54, 1.807) is 19.1 Å². The summed E-state index contributed by atoms with van der Waals surface area (Å²) in [4.78, 5) is 12.6. The number of sulfonamides is 1. The zero-order chi connectivity index (χ0) is 21.6. The lowest BCUT2D eigenvalue weighted by Gasteiger charge is -2.34. The van der Waals surface area contributed by atoms with Crippen LogP contribution in [-0.2, 0) is 21.0 Å². The molecule has 2 aromatic carbocycles. The van der Waals surface area contributed by atoms with Crippen LogP contribution in [0.5, 0.6) is 5.75 Å². The fourth-order valence-electron chi connectivity index (χ4n) is 2.85. The van der Waals surface area contributed by atoms with Gasteiger partial charge in [0.2, 0.25) is 10.0 Å². The van der Waals surface area contributed by atoms with Gasteiger partial charge in [0.15, 0.2) is 6.10 Å².